The number of unbranched alkanes of at least 4 members (excludes halogenated alkanes) is 2. The van der Waals surface area contributed by atoms with E-state index < -0.39 is 25.7 Å². The van der Waals surface area contributed by atoms with Crippen molar-refractivity contribution in [3.63, 3.8) is 0 Å². The molecule has 0 radical (unpaired) electrons. The molecule has 1 saturated heterocycles. The molecule has 0 aromatic carbocycles. The van der Waals surface area contributed by atoms with Gasteiger partial charge in [0.1, 0.15) is 12.9 Å². The maximum atomic E-state index is 11.7. The molecule has 1 aliphatic heterocycles. The number of likely N-dealkylation sites (tertiary alicyclic amines) is 1. The number of rotatable bonds is 22. The van der Waals surface area contributed by atoms with Gasteiger partial charge >= 0.3 is 8.00 Å². The summed E-state index contributed by atoms with van der Waals surface area (Å²) in [5.41, 5.74) is 0. The average Bonchev–Trinajstić information content (AvgIpc) is 3.45. The quantitative estimate of drug-likeness (QED) is 0.0559. The molecule has 236 valence electrons. The van der Waals surface area contributed by atoms with E-state index in [0.717, 1.165) is 32.4 Å². The summed E-state index contributed by atoms with van der Waals surface area (Å²) in [6.45, 7) is 4.88. The van der Waals surface area contributed by atoms with Crippen LogP contribution in [0.5, 0.6) is 0 Å². The molecule has 0 spiro atoms. The first-order chi connectivity index (χ1) is 19.7. The minimum absolute atomic E-state index is 0.226. The fourth-order valence-corrected chi connectivity index (χ4v) is 3.58. The molecule has 1 heterocycles. The smallest absolute Gasteiger partial charge is 0.380 e. The van der Waals surface area contributed by atoms with Crippen LogP contribution in [0.3, 0.4) is 0 Å². The highest BCUT2D eigenvalue weighted by Crippen LogP contribution is 2.14. The molecule has 0 saturated carbocycles. The van der Waals surface area contributed by atoms with Crippen molar-refractivity contribution in [2.24, 2.45) is 0 Å². The Kier molecular flexibility index (Phi) is 24.5. The number of carbonyl (C=O) groups is 5. The number of hydrogen-bond acceptors (Lipinski definition) is 10. The number of nitrogens with one attached hydrogen (secondary N) is 4. The van der Waals surface area contributed by atoms with E-state index in [9.17, 15) is 24.0 Å². The number of nitrogens with zero attached hydrogens (tertiary/aromatic N) is 1. The maximum Gasteiger partial charge on any atom is 0.420 e. The lowest BCUT2D eigenvalue weighted by molar-refractivity contribution is -0.130. The summed E-state index contributed by atoms with van der Waals surface area (Å²) < 4.78 is 20.5. The summed E-state index contributed by atoms with van der Waals surface area (Å²) >= 11 is 0. The van der Waals surface area contributed by atoms with Crippen LogP contribution in [0.4, 0.5) is 0 Å². The van der Waals surface area contributed by atoms with Gasteiger partial charge in [0.2, 0.25) is 30.0 Å². The van der Waals surface area contributed by atoms with Crippen LogP contribution in [0.1, 0.15) is 39.0 Å². The van der Waals surface area contributed by atoms with Crippen LogP contribution in [0.2, 0.25) is 0 Å². The van der Waals surface area contributed by atoms with Gasteiger partial charge in [0.05, 0.1) is 52.2 Å². The Morgan fingerprint density at radius 2 is 1.56 bits per heavy atom. The standard InChI is InChI=1S/C14H25N4O8P.C11H21NO2/c1-27(23)26-7-6-25-5-4-24-3-2-16-13(21)9-18-14(22)10-17-12(20)8-15-11-19;1-3-4-5-6-11(13)12-8-7-10(9-12)14-2/h11H,1-10H2,(H4-,15,16,17,18,19,20,21,22,23);10H,3-9H2,1-2H3/p+1/t;10-/m.0/s1. The van der Waals surface area contributed by atoms with E-state index >= 15 is 0 Å². The molecule has 0 bridgehead atoms. The minimum atomic E-state index is -1.61. The lowest BCUT2D eigenvalue weighted by atomic mass is 10.2. The third kappa shape index (κ3) is 23.7. The molecule has 0 aliphatic carbocycles. The highest BCUT2D eigenvalue weighted by atomic mass is 31.1. The Morgan fingerprint density at radius 3 is 2.15 bits per heavy atom. The normalized spacial score (nSPS) is 14.4. The van der Waals surface area contributed by atoms with E-state index in [1.165, 1.54) is 6.42 Å². The van der Waals surface area contributed by atoms with Gasteiger partial charge in [-0.15, -0.1) is 0 Å². The monoisotopic (exact) mass is 608 g/mol. The van der Waals surface area contributed by atoms with Gasteiger partial charge in [-0.25, -0.2) is 0 Å². The second kappa shape index (κ2) is 26.2. The van der Waals surface area contributed by atoms with Crippen LogP contribution in [0, 0.1) is 0 Å². The van der Waals surface area contributed by atoms with Crippen molar-refractivity contribution < 1.29 is 47.6 Å². The highest BCUT2D eigenvalue weighted by molar-refractivity contribution is 7.44. The molecule has 0 aromatic heterocycles. The van der Waals surface area contributed by atoms with Gasteiger partial charge in [-0.1, -0.05) is 19.8 Å². The number of amides is 5. The minimum Gasteiger partial charge on any atom is -0.380 e. The molecular weight excluding hydrogens is 561 g/mol. The molecule has 0 aromatic rings. The molecule has 2 atom stereocenters. The van der Waals surface area contributed by atoms with Gasteiger partial charge in [0, 0.05) is 33.2 Å². The van der Waals surface area contributed by atoms with Crippen LogP contribution >= 0.6 is 8.00 Å². The summed E-state index contributed by atoms with van der Waals surface area (Å²) in [6.07, 6.45) is 9.01. The van der Waals surface area contributed by atoms with Crippen molar-refractivity contribution in [1.82, 2.24) is 26.2 Å². The van der Waals surface area contributed by atoms with Gasteiger partial charge in [0.15, 0.2) is 0 Å². The molecule has 5 N–H and O–H groups in total. The highest BCUT2D eigenvalue weighted by Gasteiger charge is 2.25. The zero-order chi connectivity index (χ0) is 30.7. The van der Waals surface area contributed by atoms with E-state index in [1.807, 2.05) is 4.90 Å². The second-order valence-corrected chi connectivity index (χ2v) is 9.72. The largest absolute Gasteiger partial charge is 0.420 e. The summed E-state index contributed by atoms with van der Waals surface area (Å²) in [5.74, 6) is -1.15. The molecule has 1 aliphatic rings. The average molecular weight is 609 g/mol. The maximum absolute atomic E-state index is 11.7. The predicted octanol–water partition coefficient (Wildman–Crippen LogP) is -1.32. The summed E-state index contributed by atoms with van der Waals surface area (Å²) in [4.78, 5) is 66.5. The predicted molar refractivity (Wildman–Crippen MR) is 153 cm³/mol. The van der Waals surface area contributed by atoms with Crippen molar-refractivity contribution in [1.29, 1.82) is 0 Å². The van der Waals surface area contributed by atoms with E-state index in [0.29, 0.717) is 38.6 Å². The Morgan fingerprint density at radius 1 is 0.951 bits per heavy atom. The van der Waals surface area contributed by atoms with E-state index in [1.54, 1.807) is 7.11 Å². The first kappa shape index (κ1) is 38.3. The summed E-state index contributed by atoms with van der Waals surface area (Å²) in [7, 11) is 0.103. The third-order valence-electron chi connectivity index (χ3n) is 5.47. The molecule has 1 rings (SSSR count). The Bertz CT molecular complexity index is 790. The third-order valence-corrected chi connectivity index (χ3v) is 5.95. The van der Waals surface area contributed by atoms with E-state index in [4.69, 9.17) is 23.6 Å². The lowest BCUT2D eigenvalue weighted by Gasteiger charge is -2.15. The molecular formula is C25H47N5O10P+. The van der Waals surface area contributed by atoms with Crippen LogP contribution in [-0.4, -0.2) is 132 Å². The van der Waals surface area contributed by atoms with Gasteiger partial charge < -0.3 is 40.4 Å². The van der Waals surface area contributed by atoms with Crippen LogP contribution in [0.25, 0.3) is 0 Å². The molecule has 15 nitrogen and oxygen atoms in total. The number of hydrogen-bond donors (Lipinski definition) is 5. The van der Waals surface area contributed by atoms with E-state index in [2.05, 4.69) is 34.5 Å². The van der Waals surface area contributed by atoms with Crippen LogP contribution in [-0.2, 0) is 42.7 Å². The first-order valence-electron chi connectivity index (χ1n) is 13.6. The van der Waals surface area contributed by atoms with Crippen molar-refractivity contribution in [2.75, 3.05) is 79.4 Å². The Labute approximate surface area is 242 Å². The fraction of sp³-hybridized carbons (Fsp3) is 0.760. The number of ether oxygens (including phenoxy) is 3. The molecule has 1 unspecified atom stereocenters. The number of carbonyl (C=O) groups excluding carboxylic acids is 5. The second-order valence-electron chi connectivity index (χ2n) is 8.76. The zero-order valence-corrected chi connectivity index (χ0v) is 25.1. The summed E-state index contributed by atoms with van der Waals surface area (Å²) in [5, 5.41) is 9.30. The summed E-state index contributed by atoms with van der Waals surface area (Å²) in [6, 6.07) is 0. The molecule has 16 heteroatoms. The van der Waals surface area contributed by atoms with E-state index in [-0.39, 0.29) is 45.5 Å². The van der Waals surface area contributed by atoms with Gasteiger partial charge in [-0.05, 0) is 12.8 Å². The Balaban J connectivity index is 0.000000950. The Hall–Kier alpha value is -2.68. The van der Waals surface area contributed by atoms with Crippen molar-refractivity contribution in [3.05, 3.63) is 0 Å². The molecule has 5 amide bonds. The lowest BCUT2D eigenvalue weighted by Crippen LogP contribution is -2.44. The zero-order valence-electron chi connectivity index (χ0n) is 24.2. The molecule has 1 fully saturated rings. The number of methoxy groups -OCH3 is 1. The van der Waals surface area contributed by atoms with Crippen molar-refractivity contribution >= 4 is 44.3 Å². The topological polar surface area (TPSA) is 194 Å². The van der Waals surface area contributed by atoms with Gasteiger partial charge in [-0.2, -0.15) is 9.42 Å². The first-order valence-corrected chi connectivity index (χ1v) is 15.0. The van der Waals surface area contributed by atoms with Crippen LogP contribution < -0.4 is 21.3 Å². The van der Waals surface area contributed by atoms with Crippen molar-refractivity contribution in [3.8, 4) is 0 Å². The van der Waals surface area contributed by atoms with Crippen molar-refractivity contribution in [2.45, 2.75) is 45.1 Å². The SMILES string of the molecule is C=[P+](O)OCCOCCOCCNC(=O)CNC(=O)CNC(=O)CNC=O.CCCCCC(=O)N1CC[C@H](OC)C1. The van der Waals surface area contributed by atoms with Gasteiger partial charge in [0.25, 0.3) is 0 Å². The van der Waals surface area contributed by atoms with Gasteiger partial charge in [-0.3, -0.25) is 24.0 Å². The molecule has 41 heavy (non-hydrogen) atoms. The fourth-order valence-electron chi connectivity index (χ4n) is 3.30. The van der Waals surface area contributed by atoms with Crippen LogP contribution in [0.15, 0.2) is 0 Å².